The Hall–Kier alpha value is -1.32. The van der Waals surface area contributed by atoms with E-state index in [-0.39, 0.29) is 11.1 Å². The maximum atomic E-state index is 12.1. The molecule has 1 N–H and O–H groups in total. The van der Waals surface area contributed by atoms with Gasteiger partial charge in [-0.1, -0.05) is 20.8 Å². The SMILES string of the molecule is CCCn1ccnc(NC(C)(CC)CC)c1=O. The van der Waals surface area contributed by atoms with E-state index in [1.165, 1.54) is 0 Å². The first-order chi connectivity index (χ1) is 8.06. The Morgan fingerprint density at radius 3 is 2.53 bits per heavy atom. The molecule has 0 aliphatic rings. The monoisotopic (exact) mass is 237 g/mol. The highest BCUT2D eigenvalue weighted by Crippen LogP contribution is 2.18. The van der Waals surface area contributed by atoms with Crippen LogP contribution in [0.15, 0.2) is 17.2 Å². The zero-order chi connectivity index (χ0) is 12.9. The number of nitrogens with zero attached hydrogens (tertiary/aromatic N) is 2. The molecule has 1 rings (SSSR count). The van der Waals surface area contributed by atoms with Gasteiger partial charge >= 0.3 is 0 Å². The molecule has 0 unspecified atom stereocenters. The third kappa shape index (κ3) is 3.32. The molecule has 0 aliphatic heterocycles. The fourth-order valence-corrected chi connectivity index (χ4v) is 1.66. The topological polar surface area (TPSA) is 46.9 Å². The number of nitrogens with one attached hydrogen (secondary N) is 1. The molecular weight excluding hydrogens is 214 g/mol. The smallest absolute Gasteiger partial charge is 0.293 e. The lowest BCUT2D eigenvalue weighted by Crippen LogP contribution is -2.37. The van der Waals surface area contributed by atoms with Gasteiger partial charge in [-0.25, -0.2) is 4.98 Å². The van der Waals surface area contributed by atoms with Crippen molar-refractivity contribution in [2.45, 2.75) is 59.0 Å². The lowest BCUT2D eigenvalue weighted by molar-refractivity contribution is 0.474. The van der Waals surface area contributed by atoms with Crippen molar-refractivity contribution in [3.63, 3.8) is 0 Å². The van der Waals surface area contributed by atoms with Crippen molar-refractivity contribution in [3.8, 4) is 0 Å². The van der Waals surface area contributed by atoms with Gasteiger partial charge in [0.05, 0.1) is 0 Å². The summed E-state index contributed by atoms with van der Waals surface area (Å²) in [6, 6.07) is 0. The number of anilines is 1. The van der Waals surface area contributed by atoms with E-state index in [4.69, 9.17) is 0 Å². The van der Waals surface area contributed by atoms with Gasteiger partial charge in [0.15, 0.2) is 5.82 Å². The molecule has 1 heterocycles. The van der Waals surface area contributed by atoms with E-state index in [0.29, 0.717) is 5.82 Å². The van der Waals surface area contributed by atoms with Crippen LogP contribution >= 0.6 is 0 Å². The predicted octanol–water partition coefficient (Wildman–Crippen LogP) is 2.64. The van der Waals surface area contributed by atoms with Crippen molar-refractivity contribution in [3.05, 3.63) is 22.7 Å². The molecule has 0 aliphatic carbocycles. The maximum Gasteiger partial charge on any atom is 0.293 e. The van der Waals surface area contributed by atoms with Crippen LogP contribution in [0.2, 0.25) is 0 Å². The van der Waals surface area contributed by atoms with E-state index in [1.807, 2.05) is 0 Å². The van der Waals surface area contributed by atoms with Crippen molar-refractivity contribution in [2.24, 2.45) is 0 Å². The van der Waals surface area contributed by atoms with Gasteiger partial charge in [-0.15, -0.1) is 0 Å². The molecule has 0 fully saturated rings. The van der Waals surface area contributed by atoms with E-state index >= 15 is 0 Å². The summed E-state index contributed by atoms with van der Waals surface area (Å²) in [7, 11) is 0. The highest BCUT2D eigenvalue weighted by atomic mass is 16.1. The van der Waals surface area contributed by atoms with Crippen LogP contribution in [0.1, 0.15) is 47.0 Å². The van der Waals surface area contributed by atoms with Gasteiger partial charge in [0.25, 0.3) is 5.56 Å². The standard InChI is InChI=1S/C13H23N3O/c1-5-9-16-10-8-14-11(12(16)17)15-13(4,6-2)7-3/h8,10H,5-7,9H2,1-4H3,(H,14,15). The van der Waals surface area contributed by atoms with Gasteiger partial charge in [0.1, 0.15) is 0 Å². The van der Waals surface area contributed by atoms with Crippen molar-refractivity contribution in [2.75, 3.05) is 5.32 Å². The second-order valence-electron chi connectivity index (χ2n) is 4.67. The van der Waals surface area contributed by atoms with E-state index in [9.17, 15) is 4.79 Å². The van der Waals surface area contributed by atoms with Crippen LogP contribution in [0.3, 0.4) is 0 Å². The van der Waals surface area contributed by atoms with Gasteiger partial charge in [-0.3, -0.25) is 4.79 Å². The first-order valence-corrected chi connectivity index (χ1v) is 6.40. The Morgan fingerprint density at radius 2 is 2.00 bits per heavy atom. The molecule has 96 valence electrons. The maximum absolute atomic E-state index is 12.1. The molecule has 17 heavy (non-hydrogen) atoms. The van der Waals surface area contributed by atoms with E-state index < -0.39 is 0 Å². The van der Waals surface area contributed by atoms with Crippen LogP contribution in [-0.4, -0.2) is 15.1 Å². The average Bonchev–Trinajstić information content (AvgIpc) is 2.34. The second-order valence-corrected chi connectivity index (χ2v) is 4.67. The predicted molar refractivity (Wildman–Crippen MR) is 71.4 cm³/mol. The molecule has 0 spiro atoms. The van der Waals surface area contributed by atoms with Gasteiger partial charge in [-0.05, 0) is 26.2 Å². The molecular formula is C13H23N3O. The minimum Gasteiger partial charge on any atom is -0.360 e. The third-order valence-electron chi connectivity index (χ3n) is 3.36. The van der Waals surface area contributed by atoms with E-state index in [0.717, 1.165) is 25.8 Å². The zero-order valence-electron chi connectivity index (χ0n) is 11.3. The number of hydrogen-bond acceptors (Lipinski definition) is 3. The normalized spacial score (nSPS) is 11.5. The molecule has 4 nitrogen and oxygen atoms in total. The molecule has 0 saturated carbocycles. The van der Waals surface area contributed by atoms with Crippen LogP contribution < -0.4 is 10.9 Å². The Kier molecular flexibility index (Phi) is 4.73. The molecule has 0 amide bonds. The largest absolute Gasteiger partial charge is 0.360 e. The van der Waals surface area contributed by atoms with Crippen molar-refractivity contribution >= 4 is 5.82 Å². The molecule has 0 aromatic carbocycles. The van der Waals surface area contributed by atoms with Crippen LogP contribution in [0.5, 0.6) is 0 Å². The lowest BCUT2D eigenvalue weighted by Gasteiger charge is -2.28. The summed E-state index contributed by atoms with van der Waals surface area (Å²) in [5, 5.41) is 3.28. The van der Waals surface area contributed by atoms with Crippen molar-refractivity contribution in [1.82, 2.24) is 9.55 Å². The second kappa shape index (κ2) is 5.84. The Labute approximate surface area is 103 Å². The first kappa shape index (κ1) is 13.7. The molecule has 0 atom stereocenters. The van der Waals surface area contributed by atoms with Crippen LogP contribution in [0.4, 0.5) is 5.82 Å². The van der Waals surface area contributed by atoms with Gasteiger partial charge in [-0.2, -0.15) is 0 Å². The van der Waals surface area contributed by atoms with E-state index in [2.05, 4.69) is 38.0 Å². The Bertz CT molecular complexity index is 407. The highest BCUT2D eigenvalue weighted by molar-refractivity contribution is 5.34. The fourth-order valence-electron chi connectivity index (χ4n) is 1.66. The third-order valence-corrected chi connectivity index (χ3v) is 3.36. The summed E-state index contributed by atoms with van der Waals surface area (Å²) in [6.45, 7) is 9.15. The van der Waals surface area contributed by atoms with Crippen LogP contribution in [-0.2, 0) is 6.54 Å². The van der Waals surface area contributed by atoms with Gasteiger partial charge < -0.3 is 9.88 Å². The lowest BCUT2D eigenvalue weighted by atomic mass is 9.96. The molecule has 0 radical (unpaired) electrons. The summed E-state index contributed by atoms with van der Waals surface area (Å²) in [6.07, 6.45) is 6.31. The quantitative estimate of drug-likeness (QED) is 0.827. The summed E-state index contributed by atoms with van der Waals surface area (Å²) in [5.41, 5.74) is -0.0835. The minimum atomic E-state index is -0.0580. The number of hydrogen-bond donors (Lipinski definition) is 1. The summed E-state index contributed by atoms with van der Waals surface area (Å²) >= 11 is 0. The molecule has 1 aromatic heterocycles. The van der Waals surface area contributed by atoms with Crippen molar-refractivity contribution in [1.29, 1.82) is 0 Å². The number of aryl methyl sites for hydroxylation is 1. The van der Waals surface area contributed by atoms with Gasteiger partial charge in [0.2, 0.25) is 0 Å². The summed E-state index contributed by atoms with van der Waals surface area (Å²) in [4.78, 5) is 16.3. The van der Waals surface area contributed by atoms with Gasteiger partial charge in [0, 0.05) is 24.5 Å². The van der Waals surface area contributed by atoms with Crippen LogP contribution in [0.25, 0.3) is 0 Å². The minimum absolute atomic E-state index is 0.0255. The molecule has 0 saturated heterocycles. The molecule has 4 heteroatoms. The molecule has 0 bridgehead atoms. The average molecular weight is 237 g/mol. The number of rotatable bonds is 6. The highest BCUT2D eigenvalue weighted by Gasteiger charge is 2.21. The van der Waals surface area contributed by atoms with Crippen molar-refractivity contribution < 1.29 is 0 Å². The zero-order valence-corrected chi connectivity index (χ0v) is 11.3. The Balaban J connectivity index is 2.99. The Morgan fingerprint density at radius 1 is 1.35 bits per heavy atom. The molecule has 1 aromatic rings. The fraction of sp³-hybridized carbons (Fsp3) is 0.692. The van der Waals surface area contributed by atoms with Crippen LogP contribution in [0, 0.1) is 0 Å². The van der Waals surface area contributed by atoms with E-state index in [1.54, 1.807) is 17.0 Å². The number of aromatic nitrogens is 2. The summed E-state index contributed by atoms with van der Waals surface area (Å²) < 4.78 is 1.71. The summed E-state index contributed by atoms with van der Waals surface area (Å²) in [5.74, 6) is 0.465. The first-order valence-electron chi connectivity index (χ1n) is 6.40.